The Labute approximate surface area is 112 Å². The number of anilines is 1. The van der Waals surface area contributed by atoms with E-state index in [0.29, 0.717) is 5.56 Å². The number of hydrogen-bond donors (Lipinski definition) is 2. The molecule has 0 saturated carbocycles. The summed E-state index contributed by atoms with van der Waals surface area (Å²) in [7, 11) is 0. The van der Waals surface area contributed by atoms with Crippen LogP contribution in [0.1, 0.15) is 34.5 Å². The molecule has 3 N–H and O–H groups in total. The number of pyridine rings is 1. The number of nitrogens with two attached hydrogens (primary N) is 1. The van der Waals surface area contributed by atoms with E-state index >= 15 is 0 Å². The highest BCUT2D eigenvalue weighted by molar-refractivity contribution is 6.04. The highest BCUT2D eigenvalue weighted by Gasteiger charge is 2.07. The summed E-state index contributed by atoms with van der Waals surface area (Å²) in [4.78, 5) is 16.0. The molecule has 0 radical (unpaired) electrons. The van der Waals surface area contributed by atoms with Gasteiger partial charge in [-0.25, -0.2) is 0 Å². The average Bonchev–Trinajstić information content (AvgIpc) is 2.39. The average molecular weight is 255 g/mol. The molecule has 1 amide bonds. The van der Waals surface area contributed by atoms with Crippen LogP contribution in [0.3, 0.4) is 0 Å². The summed E-state index contributed by atoms with van der Waals surface area (Å²) in [5.41, 5.74) is 9.07. The zero-order valence-electron chi connectivity index (χ0n) is 11.1. The maximum absolute atomic E-state index is 12.0. The quantitative estimate of drug-likeness (QED) is 0.886. The van der Waals surface area contributed by atoms with Crippen LogP contribution in [-0.4, -0.2) is 10.9 Å². The van der Waals surface area contributed by atoms with Crippen LogP contribution in [0.25, 0.3) is 0 Å². The first-order chi connectivity index (χ1) is 9.06. The lowest BCUT2D eigenvalue weighted by atomic mass is 10.1. The van der Waals surface area contributed by atoms with E-state index in [9.17, 15) is 4.79 Å². The fourth-order valence-corrected chi connectivity index (χ4v) is 1.75. The van der Waals surface area contributed by atoms with Crippen LogP contribution in [0.15, 0.2) is 42.7 Å². The molecule has 1 unspecified atom stereocenters. The Morgan fingerprint density at radius 1 is 1.26 bits per heavy atom. The summed E-state index contributed by atoms with van der Waals surface area (Å²) < 4.78 is 0. The van der Waals surface area contributed by atoms with Crippen molar-refractivity contribution in [2.24, 2.45) is 5.73 Å². The van der Waals surface area contributed by atoms with Gasteiger partial charge >= 0.3 is 0 Å². The molecule has 98 valence electrons. The third kappa shape index (κ3) is 3.39. The van der Waals surface area contributed by atoms with Crippen LogP contribution in [0.2, 0.25) is 0 Å². The topological polar surface area (TPSA) is 68.0 Å². The third-order valence-corrected chi connectivity index (χ3v) is 2.83. The zero-order valence-corrected chi connectivity index (χ0v) is 11.1. The Morgan fingerprint density at radius 3 is 2.53 bits per heavy atom. The summed E-state index contributed by atoms with van der Waals surface area (Å²) in [6.45, 7) is 3.83. The van der Waals surface area contributed by atoms with E-state index in [4.69, 9.17) is 5.73 Å². The molecule has 0 aliphatic heterocycles. The third-order valence-electron chi connectivity index (χ3n) is 2.83. The van der Waals surface area contributed by atoms with Gasteiger partial charge in [0.05, 0.1) is 5.56 Å². The number of nitrogens with one attached hydrogen (secondary N) is 1. The first-order valence-electron chi connectivity index (χ1n) is 6.15. The second-order valence-corrected chi connectivity index (χ2v) is 4.62. The normalized spacial score (nSPS) is 11.9. The van der Waals surface area contributed by atoms with Crippen molar-refractivity contribution in [1.82, 2.24) is 4.98 Å². The molecular weight excluding hydrogens is 238 g/mol. The lowest BCUT2D eigenvalue weighted by Gasteiger charge is -2.08. The fourth-order valence-electron chi connectivity index (χ4n) is 1.75. The van der Waals surface area contributed by atoms with Crippen LogP contribution in [0.5, 0.6) is 0 Å². The van der Waals surface area contributed by atoms with Gasteiger partial charge in [0.25, 0.3) is 5.91 Å². The highest BCUT2D eigenvalue weighted by Crippen LogP contribution is 2.15. The molecule has 1 heterocycles. The molecule has 1 aromatic heterocycles. The van der Waals surface area contributed by atoms with Gasteiger partial charge in [-0.2, -0.15) is 0 Å². The zero-order chi connectivity index (χ0) is 13.8. The summed E-state index contributed by atoms with van der Waals surface area (Å²) in [5, 5.41) is 2.83. The van der Waals surface area contributed by atoms with E-state index in [-0.39, 0.29) is 11.9 Å². The molecule has 0 bridgehead atoms. The molecule has 1 aromatic carbocycles. The molecule has 2 aromatic rings. The number of nitrogens with zero attached hydrogens (tertiary/aromatic N) is 1. The van der Waals surface area contributed by atoms with Gasteiger partial charge < -0.3 is 11.1 Å². The maximum atomic E-state index is 12.0. The van der Waals surface area contributed by atoms with Crippen molar-refractivity contribution < 1.29 is 4.79 Å². The van der Waals surface area contributed by atoms with Crippen LogP contribution in [0, 0.1) is 6.92 Å². The number of hydrogen-bond acceptors (Lipinski definition) is 3. The van der Waals surface area contributed by atoms with Crippen LogP contribution in [-0.2, 0) is 0 Å². The van der Waals surface area contributed by atoms with Crippen LogP contribution in [0.4, 0.5) is 5.69 Å². The first kappa shape index (κ1) is 13.2. The molecule has 1 atom stereocenters. The van der Waals surface area contributed by atoms with E-state index in [1.54, 1.807) is 18.5 Å². The van der Waals surface area contributed by atoms with Crippen molar-refractivity contribution in [3.63, 3.8) is 0 Å². The van der Waals surface area contributed by atoms with Crippen molar-refractivity contribution >= 4 is 11.6 Å². The molecule has 19 heavy (non-hydrogen) atoms. The van der Waals surface area contributed by atoms with Crippen molar-refractivity contribution in [3.8, 4) is 0 Å². The Kier molecular flexibility index (Phi) is 3.92. The monoisotopic (exact) mass is 255 g/mol. The second-order valence-electron chi connectivity index (χ2n) is 4.62. The second kappa shape index (κ2) is 5.63. The molecule has 4 heteroatoms. The predicted molar refractivity (Wildman–Crippen MR) is 76.0 cm³/mol. The lowest BCUT2D eigenvalue weighted by Crippen LogP contribution is -2.12. The highest BCUT2D eigenvalue weighted by atomic mass is 16.1. The summed E-state index contributed by atoms with van der Waals surface area (Å²) >= 11 is 0. The number of carbonyl (C=O) groups is 1. The molecule has 2 rings (SSSR count). The van der Waals surface area contributed by atoms with E-state index in [0.717, 1.165) is 16.8 Å². The Morgan fingerprint density at radius 2 is 1.95 bits per heavy atom. The van der Waals surface area contributed by atoms with Gasteiger partial charge in [0.15, 0.2) is 0 Å². The Bertz CT molecular complexity index is 576. The number of rotatable bonds is 3. The van der Waals surface area contributed by atoms with Crippen molar-refractivity contribution in [1.29, 1.82) is 0 Å². The fraction of sp³-hybridized carbons (Fsp3) is 0.200. The number of benzene rings is 1. The standard InChI is InChI=1S/C15H17N3O/c1-10-7-13(9-17-8-10)15(19)18-14-5-3-12(4-6-14)11(2)16/h3-9,11H,16H2,1-2H3,(H,18,19). The molecule has 0 saturated heterocycles. The number of aryl methyl sites for hydroxylation is 1. The van der Waals surface area contributed by atoms with Crippen LogP contribution >= 0.6 is 0 Å². The van der Waals surface area contributed by atoms with Gasteiger partial charge in [0.1, 0.15) is 0 Å². The SMILES string of the molecule is Cc1cncc(C(=O)Nc2ccc(C(C)N)cc2)c1. The molecule has 4 nitrogen and oxygen atoms in total. The minimum atomic E-state index is -0.162. The van der Waals surface area contributed by atoms with E-state index in [2.05, 4.69) is 10.3 Å². The summed E-state index contributed by atoms with van der Waals surface area (Å²) in [5.74, 6) is -0.162. The molecular formula is C15H17N3O. The van der Waals surface area contributed by atoms with Crippen molar-refractivity contribution in [2.45, 2.75) is 19.9 Å². The van der Waals surface area contributed by atoms with Crippen molar-refractivity contribution in [2.75, 3.05) is 5.32 Å². The summed E-state index contributed by atoms with van der Waals surface area (Å²) in [6, 6.07) is 9.31. The van der Waals surface area contributed by atoms with Gasteiger partial charge in [-0.15, -0.1) is 0 Å². The lowest BCUT2D eigenvalue weighted by molar-refractivity contribution is 0.102. The largest absolute Gasteiger partial charge is 0.324 e. The Balaban J connectivity index is 2.10. The molecule has 0 aliphatic rings. The number of aromatic nitrogens is 1. The maximum Gasteiger partial charge on any atom is 0.257 e. The molecule has 0 spiro atoms. The smallest absolute Gasteiger partial charge is 0.257 e. The van der Waals surface area contributed by atoms with E-state index in [1.807, 2.05) is 38.1 Å². The van der Waals surface area contributed by atoms with Crippen LogP contribution < -0.4 is 11.1 Å². The minimum absolute atomic E-state index is 0.00859. The van der Waals surface area contributed by atoms with Gasteiger partial charge in [0.2, 0.25) is 0 Å². The minimum Gasteiger partial charge on any atom is -0.324 e. The first-order valence-corrected chi connectivity index (χ1v) is 6.15. The Hall–Kier alpha value is -2.20. The number of amides is 1. The molecule has 0 fully saturated rings. The van der Waals surface area contributed by atoms with Gasteiger partial charge in [-0.3, -0.25) is 9.78 Å². The number of carbonyl (C=O) groups excluding carboxylic acids is 1. The van der Waals surface area contributed by atoms with E-state index in [1.165, 1.54) is 0 Å². The summed E-state index contributed by atoms with van der Waals surface area (Å²) in [6.07, 6.45) is 3.27. The molecule has 0 aliphatic carbocycles. The van der Waals surface area contributed by atoms with Crippen molar-refractivity contribution in [3.05, 3.63) is 59.4 Å². The predicted octanol–water partition coefficient (Wildman–Crippen LogP) is 2.66. The van der Waals surface area contributed by atoms with Gasteiger partial charge in [0, 0.05) is 24.1 Å². The van der Waals surface area contributed by atoms with E-state index < -0.39 is 0 Å². The van der Waals surface area contributed by atoms with Gasteiger partial charge in [-0.1, -0.05) is 12.1 Å². The van der Waals surface area contributed by atoms with Gasteiger partial charge in [-0.05, 0) is 43.2 Å².